The Bertz CT molecular complexity index is 1150. The second-order valence-corrected chi connectivity index (χ2v) is 7.52. The average molecular weight is 411 g/mol. The molecule has 3 nitrogen and oxygen atoms in total. The third-order valence-corrected chi connectivity index (χ3v) is 5.37. The van der Waals surface area contributed by atoms with Gasteiger partial charge in [-0.1, -0.05) is 41.4 Å². The van der Waals surface area contributed by atoms with Crippen LogP contribution < -0.4 is 5.63 Å². The predicted molar refractivity (Wildman–Crippen MR) is 109 cm³/mol. The average Bonchev–Trinajstić information content (AvgIpc) is 3.05. The molecule has 0 unspecified atom stereocenters. The van der Waals surface area contributed by atoms with Crippen molar-refractivity contribution in [3.05, 3.63) is 68.7 Å². The van der Waals surface area contributed by atoms with Gasteiger partial charge in [0.15, 0.2) is 0 Å². The number of benzene rings is 2. The second-order valence-electron chi connectivity index (χ2n) is 6.61. The highest BCUT2D eigenvalue weighted by Crippen LogP contribution is 2.37. The second kappa shape index (κ2) is 6.76. The molecule has 26 heavy (non-hydrogen) atoms. The van der Waals surface area contributed by atoms with Crippen LogP contribution in [0.5, 0.6) is 0 Å². The lowest BCUT2D eigenvalue weighted by Crippen LogP contribution is -2.02. The Hall–Kier alpha value is -2.33. The molecule has 4 heteroatoms. The zero-order valence-electron chi connectivity index (χ0n) is 14.8. The van der Waals surface area contributed by atoms with Gasteiger partial charge in [-0.15, -0.1) is 0 Å². The van der Waals surface area contributed by atoms with Crippen molar-refractivity contribution in [2.24, 2.45) is 0 Å². The molecule has 0 aliphatic rings. The molecule has 0 spiro atoms. The summed E-state index contributed by atoms with van der Waals surface area (Å²) in [5, 5.41) is 2.05. The third kappa shape index (κ3) is 2.88. The van der Waals surface area contributed by atoms with Gasteiger partial charge in [-0.3, -0.25) is 0 Å². The number of hydrogen-bond donors (Lipinski definition) is 0. The molecule has 4 aromatic rings. The fourth-order valence-electron chi connectivity index (χ4n) is 3.46. The molecular formula is C22H19BrO3. The van der Waals surface area contributed by atoms with Gasteiger partial charge in [-0.25, -0.2) is 4.79 Å². The van der Waals surface area contributed by atoms with Crippen LogP contribution in [0.25, 0.3) is 33.1 Å². The number of halogens is 1. The standard InChI is InChI=1S/C22H19BrO3/c1-3-4-5-15-10-20(24)26-22-13(2)21-18(11-17(15)22)19(12-25-21)14-6-8-16(23)9-7-14/h6-12H,3-5H2,1-2H3. The number of fused-ring (bicyclic) bond motifs is 2. The van der Waals surface area contributed by atoms with Crippen molar-refractivity contribution in [1.29, 1.82) is 0 Å². The van der Waals surface area contributed by atoms with E-state index in [1.54, 1.807) is 12.3 Å². The molecule has 0 aliphatic carbocycles. The third-order valence-electron chi connectivity index (χ3n) is 4.84. The molecular weight excluding hydrogens is 392 g/mol. The molecule has 0 fully saturated rings. The minimum atomic E-state index is -0.300. The quantitative estimate of drug-likeness (QED) is 0.355. The van der Waals surface area contributed by atoms with Gasteiger partial charge in [0.1, 0.15) is 11.2 Å². The molecule has 4 rings (SSSR count). The van der Waals surface area contributed by atoms with E-state index in [4.69, 9.17) is 8.83 Å². The topological polar surface area (TPSA) is 43.4 Å². The van der Waals surface area contributed by atoms with Crippen molar-refractivity contribution in [3.63, 3.8) is 0 Å². The van der Waals surface area contributed by atoms with E-state index in [1.165, 1.54) is 0 Å². The van der Waals surface area contributed by atoms with Gasteiger partial charge >= 0.3 is 5.63 Å². The Balaban J connectivity index is 2.01. The van der Waals surface area contributed by atoms with Crippen LogP contribution in [-0.2, 0) is 6.42 Å². The summed E-state index contributed by atoms with van der Waals surface area (Å²) in [4.78, 5) is 12.0. The van der Waals surface area contributed by atoms with Crippen LogP contribution >= 0.6 is 15.9 Å². The Morgan fingerprint density at radius 3 is 2.54 bits per heavy atom. The van der Waals surface area contributed by atoms with Crippen LogP contribution in [-0.4, -0.2) is 0 Å². The van der Waals surface area contributed by atoms with Crippen LogP contribution in [0.1, 0.15) is 30.9 Å². The van der Waals surface area contributed by atoms with Gasteiger partial charge in [0.2, 0.25) is 0 Å². The minimum Gasteiger partial charge on any atom is -0.463 e. The van der Waals surface area contributed by atoms with Gasteiger partial charge in [0, 0.05) is 32.4 Å². The number of hydrogen-bond acceptors (Lipinski definition) is 3. The smallest absolute Gasteiger partial charge is 0.336 e. The molecule has 2 aromatic carbocycles. The summed E-state index contributed by atoms with van der Waals surface area (Å²) in [6.07, 6.45) is 4.78. The first-order valence-corrected chi connectivity index (χ1v) is 9.61. The Morgan fingerprint density at radius 2 is 1.81 bits per heavy atom. The van der Waals surface area contributed by atoms with E-state index < -0.39 is 0 Å². The van der Waals surface area contributed by atoms with Crippen molar-refractivity contribution < 1.29 is 8.83 Å². The first-order chi connectivity index (χ1) is 12.6. The molecule has 132 valence electrons. The molecule has 0 radical (unpaired) electrons. The fourth-order valence-corrected chi connectivity index (χ4v) is 3.73. The van der Waals surface area contributed by atoms with E-state index in [0.29, 0.717) is 5.58 Å². The monoisotopic (exact) mass is 410 g/mol. The predicted octanol–water partition coefficient (Wildman–Crippen LogP) is 6.62. The number of aryl methyl sites for hydroxylation is 2. The highest BCUT2D eigenvalue weighted by molar-refractivity contribution is 9.10. The maximum Gasteiger partial charge on any atom is 0.336 e. The van der Waals surface area contributed by atoms with Gasteiger partial charge in [-0.2, -0.15) is 0 Å². The maximum atomic E-state index is 12.0. The Morgan fingerprint density at radius 1 is 1.04 bits per heavy atom. The van der Waals surface area contributed by atoms with E-state index in [2.05, 4.69) is 41.1 Å². The fraction of sp³-hybridized carbons (Fsp3) is 0.227. The summed E-state index contributed by atoms with van der Waals surface area (Å²) in [7, 11) is 0. The van der Waals surface area contributed by atoms with Crippen LogP contribution in [0.3, 0.4) is 0 Å². The normalized spacial score (nSPS) is 11.5. The first kappa shape index (κ1) is 17.1. The van der Waals surface area contributed by atoms with Gasteiger partial charge in [-0.05, 0) is 49.1 Å². The SMILES string of the molecule is CCCCc1cc(=O)oc2c(C)c3occ(-c4ccc(Br)cc4)c3cc12. The van der Waals surface area contributed by atoms with Gasteiger partial charge < -0.3 is 8.83 Å². The van der Waals surface area contributed by atoms with Crippen molar-refractivity contribution in [1.82, 2.24) is 0 Å². The van der Waals surface area contributed by atoms with Crippen molar-refractivity contribution in [3.8, 4) is 11.1 Å². The van der Waals surface area contributed by atoms with E-state index in [-0.39, 0.29) is 5.63 Å². The zero-order valence-corrected chi connectivity index (χ0v) is 16.4. The first-order valence-electron chi connectivity index (χ1n) is 8.82. The lowest BCUT2D eigenvalue weighted by atomic mass is 9.97. The lowest BCUT2D eigenvalue weighted by molar-refractivity contribution is 0.553. The molecule has 2 heterocycles. The summed E-state index contributed by atoms with van der Waals surface area (Å²) < 4.78 is 12.4. The van der Waals surface area contributed by atoms with Crippen molar-refractivity contribution >= 4 is 37.9 Å². The number of unbranched alkanes of at least 4 members (excludes halogenated alkanes) is 1. The molecule has 2 aromatic heterocycles. The molecule has 0 aliphatic heterocycles. The highest BCUT2D eigenvalue weighted by Gasteiger charge is 2.17. The zero-order chi connectivity index (χ0) is 18.3. The van der Waals surface area contributed by atoms with Gasteiger partial charge in [0.05, 0.1) is 6.26 Å². The lowest BCUT2D eigenvalue weighted by Gasteiger charge is -2.08. The van der Waals surface area contributed by atoms with E-state index in [9.17, 15) is 4.79 Å². The van der Waals surface area contributed by atoms with Crippen LogP contribution in [0, 0.1) is 6.92 Å². The highest BCUT2D eigenvalue weighted by atomic mass is 79.9. The van der Waals surface area contributed by atoms with Gasteiger partial charge in [0.25, 0.3) is 0 Å². The minimum absolute atomic E-state index is 0.300. The van der Waals surface area contributed by atoms with Crippen molar-refractivity contribution in [2.75, 3.05) is 0 Å². The molecule has 0 saturated carbocycles. The van der Waals surface area contributed by atoms with E-state index >= 15 is 0 Å². The molecule has 0 saturated heterocycles. The molecule has 0 atom stereocenters. The summed E-state index contributed by atoms with van der Waals surface area (Å²) in [5.41, 5.74) is 5.16. The molecule has 0 bridgehead atoms. The molecule has 0 amide bonds. The number of rotatable bonds is 4. The van der Waals surface area contributed by atoms with E-state index in [1.807, 2.05) is 19.1 Å². The Labute approximate surface area is 159 Å². The van der Waals surface area contributed by atoms with Crippen LogP contribution in [0.2, 0.25) is 0 Å². The largest absolute Gasteiger partial charge is 0.463 e. The summed E-state index contributed by atoms with van der Waals surface area (Å²) in [6, 6.07) is 11.9. The summed E-state index contributed by atoms with van der Waals surface area (Å²) in [5.74, 6) is 0. The molecule has 0 N–H and O–H groups in total. The summed E-state index contributed by atoms with van der Waals surface area (Å²) in [6.45, 7) is 4.10. The summed E-state index contributed by atoms with van der Waals surface area (Å²) >= 11 is 3.48. The van der Waals surface area contributed by atoms with Crippen molar-refractivity contribution in [2.45, 2.75) is 33.1 Å². The van der Waals surface area contributed by atoms with Crippen LogP contribution in [0.4, 0.5) is 0 Å². The van der Waals surface area contributed by atoms with Crippen LogP contribution in [0.15, 0.2) is 60.8 Å². The van der Waals surface area contributed by atoms with E-state index in [0.717, 1.165) is 62.3 Å². The number of furan rings is 1. The Kier molecular flexibility index (Phi) is 4.45. The maximum absolute atomic E-state index is 12.0.